The van der Waals surface area contributed by atoms with E-state index in [-0.39, 0.29) is 75.8 Å². The van der Waals surface area contributed by atoms with Crippen LogP contribution in [0.1, 0.15) is 111 Å². The van der Waals surface area contributed by atoms with E-state index in [0.29, 0.717) is 17.5 Å². The summed E-state index contributed by atoms with van der Waals surface area (Å²) in [6.45, 7) is 8.10. The molecule has 2 aromatic rings. The Morgan fingerprint density at radius 3 is 1.36 bits per heavy atom. The number of carbonyl (C=O) groups excluding carboxylic acids is 12. The van der Waals surface area contributed by atoms with E-state index < -0.39 is 194 Å². The Morgan fingerprint density at radius 1 is 0.495 bits per heavy atom. The predicted octanol–water partition coefficient (Wildman–Crippen LogP) is -6.74. The molecule has 1 heterocycles. The molecule has 0 radical (unpaired) electrons. The molecule has 1 aliphatic heterocycles. The second-order valence-corrected chi connectivity index (χ2v) is 25.2. The monoisotopic (exact) mass is 1400 g/mol. The lowest BCUT2D eigenvalue weighted by molar-refractivity contribution is -0.144. The molecule has 1 fully saturated rings. The molecule has 12 amide bonds. The van der Waals surface area contributed by atoms with Crippen LogP contribution in [0.3, 0.4) is 0 Å². The Kier molecular flexibility index (Phi) is 35.3. The van der Waals surface area contributed by atoms with Crippen molar-refractivity contribution in [3.05, 3.63) is 71.8 Å². The van der Waals surface area contributed by atoms with E-state index in [1.54, 1.807) is 88.4 Å². The van der Waals surface area contributed by atoms with Crippen LogP contribution in [0, 0.1) is 11.8 Å². The third-order valence-electron chi connectivity index (χ3n) is 15.8. The first-order valence-corrected chi connectivity index (χ1v) is 32.6. The number of aliphatic hydroxyl groups excluding tert-OH is 5. The van der Waals surface area contributed by atoms with Gasteiger partial charge in [0.15, 0.2) is 5.96 Å². The molecule has 0 spiro atoms. The Morgan fingerprint density at radius 2 is 0.899 bits per heavy atom. The van der Waals surface area contributed by atoms with Crippen LogP contribution in [0.4, 0.5) is 0 Å². The molecule has 24 N–H and O–H groups in total. The highest BCUT2D eigenvalue weighted by atomic mass is 16.4. The first-order chi connectivity index (χ1) is 46.6. The standard InChI is InChI=1S/C64H100N16O19/c1-32(2)26-41(72-52(87)40(22-23-48(65)86)70-55(90)43(29-38-18-12-9-13-19-38)74-59(94)49(66)34(5)83)54(89)76-45(30-81)57(92)79-50(35(6)84)60(95)71-39(20-14-24-69-64(67)68)53(88)78-51(36(7)85)61(96)75-44(27-33(3)4)62(97)80-25-15-21-47(80)58(93)73-42(28-37-16-10-8-11-17-37)56(91)77-46(31-82)63(98)99/h8-13,16-19,32-36,39-47,49-51,81-85H,14-15,20-31,66H2,1-7H3,(H2,65,86)(H,70,90)(H,71,95)(H,72,87)(H,73,93)(H,74,94)(H,75,96)(H,76,89)(H,77,91)(H,78,88)(H,79,92)(H,98,99)(H4,67,68,69)/t34-,35-,36-,39+,40+,41+,42+,43+,44+,45+,46+,47+,49+,50+,51+/m1/s1. The highest BCUT2D eigenvalue weighted by Crippen LogP contribution is 2.22. The number of nitrogens with two attached hydrogens (primary N) is 4. The van der Waals surface area contributed by atoms with Crippen LogP contribution < -0.4 is 76.1 Å². The average Bonchev–Trinajstić information content (AvgIpc) is 1.76. The SMILES string of the molecule is CC(C)C[C@H](NC(=O)[C@H](CCC(N)=O)NC(=O)[C@H](Cc1ccccc1)NC(=O)[C@@H](N)[C@@H](C)O)C(=O)N[C@@H](CO)C(=O)N[C@H](C(=O)N[C@@H](CCCN=C(N)N)C(=O)N[C@H](C(=O)N[C@@H](CC(C)C)C(=O)N1CCC[C@H]1C(=O)N[C@@H](Cc1ccccc1)C(=O)N[C@@H](CO)C(=O)O)[C@@H](C)O)[C@@H](C)O. The number of aliphatic carboxylic acids is 1. The van der Waals surface area contributed by atoms with Crippen molar-refractivity contribution in [1.82, 2.24) is 58.1 Å². The minimum Gasteiger partial charge on any atom is -0.480 e. The van der Waals surface area contributed by atoms with Gasteiger partial charge in [0.25, 0.3) is 0 Å². The molecule has 99 heavy (non-hydrogen) atoms. The summed E-state index contributed by atoms with van der Waals surface area (Å²) in [6, 6.07) is -2.25. The second-order valence-electron chi connectivity index (χ2n) is 25.2. The molecular formula is C64H100N16O19. The number of aliphatic hydroxyl groups is 5. The highest BCUT2D eigenvalue weighted by molar-refractivity contribution is 6.00. The lowest BCUT2D eigenvalue weighted by Gasteiger charge is -2.32. The zero-order valence-electron chi connectivity index (χ0n) is 56.7. The number of amides is 12. The number of hydrogen-bond acceptors (Lipinski definition) is 20. The number of nitrogens with zero attached hydrogens (tertiary/aromatic N) is 2. The van der Waals surface area contributed by atoms with Crippen LogP contribution in [0.25, 0.3) is 0 Å². The molecule has 0 aromatic heterocycles. The van der Waals surface area contributed by atoms with Crippen LogP contribution >= 0.6 is 0 Å². The largest absolute Gasteiger partial charge is 0.480 e. The summed E-state index contributed by atoms with van der Waals surface area (Å²) in [5, 5.41) is 85.8. The van der Waals surface area contributed by atoms with E-state index in [1.807, 2.05) is 0 Å². The minimum absolute atomic E-state index is 0.0149. The molecule has 1 saturated heterocycles. The molecule has 0 unspecified atom stereocenters. The van der Waals surface area contributed by atoms with Gasteiger partial charge in [0.1, 0.15) is 72.5 Å². The van der Waals surface area contributed by atoms with Gasteiger partial charge in [-0.1, -0.05) is 88.4 Å². The zero-order valence-corrected chi connectivity index (χ0v) is 56.7. The topological polar surface area (TPSA) is 583 Å². The second kappa shape index (κ2) is 41.7. The molecule has 0 bridgehead atoms. The number of nitrogens with one attached hydrogen (secondary N) is 10. The first kappa shape index (κ1) is 83.8. The van der Waals surface area contributed by atoms with Crippen LogP contribution in [-0.4, -0.2) is 235 Å². The zero-order chi connectivity index (χ0) is 74.4. The van der Waals surface area contributed by atoms with E-state index >= 15 is 0 Å². The summed E-state index contributed by atoms with van der Waals surface area (Å²) >= 11 is 0. The summed E-state index contributed by atoms with van der Waals surface area (Å²) in [5.74, 6) is -14.5. The molecule has 550 valence electrons. The molecule has 35 heteroatoms. The van der Waals surface area contributed by atoms with Crippen LogP contribution in [0.2, 0.25) is 0 Å². The molecular weight excluding hydrogens is 1300 g/mol. The lowest BCUT2D eigenvalue weighted by Crippen LogP contribution is -2.63. The van der Waals surface area contributed by atoms with Crippen molar-refractivity contribution in [2.45, 2.75) is 203 Å². The van der Waals surface area contributed by atoms with E-state index in [9.17, 15) is 93.0 Å². The normalized spacial score (nSPS) is 17.0. The van der Waals surface area contributed by atoms with Gasteiger partial charge in [0.05, 0.1) is 31.5 Å². The van der Waals surface area contributed by atoms with E-state index in [1.165, 1.54) is 11.8 Å². The van der Waals surface area contributed by atoms with Crippen molar-refractivity contribution in [2.75, 3.05) is 26.3 Å². The number of carbonyl (C=O) groups is 13. The van der Waals surface area contributed by atoms with Gasteiger partial charge in [-0.05, 0) is 88.7 Å². The smallest absolute Gasteiger partial charge is 0.328 e. The summed E-state index contributed by atoms with van der Waals surface area (Å²) in [7, 11) is 0. The summed E-state index contributed by atoms with van der Waals surface area (Å²) in [4.78, 5) is 183. The van der Waals surface area contributed by atoms with Gasteiger partial charge < -0.3 is 112 Å². The maximum atomic E-state index is 14.5. The number of rotatable bonds is 42. The molecule has 15 atom stereocenters. The third kappa shape index (κ3) is 28.5. The first-order valence-electron chi connectivity index (χ1n) is 32.6. The summed E-state index contributed by atoms with van der Waals surface area (Å²) in [5.41, 5.74) is 23.4. The number of aliphatic imine (C=N–C) groups is 1. The van der Waals surface area contributed by atoms with E-state index in [4.69, 9.17) is 22.9 Å². The van der Waals surface area contributed by atoms with E-state index in [2.05, 4.69) is 58.2 Å². The molecule has 1 aliphatic rings. The Bertz CT molecular complexity index is 3080. The van der Waals surface area contributed by atoms with Crippen molar-refractivity contribution < 1.29 is 93.0 Å². The fourth-order valence-corrected chi connectivity index (χ4v) is 10.4. The quantitative estimate of drug-likeness (QED) is 0.0167. The molecule has 2 aromatic carbocycles. The molecule has 3 rings (SSSR count). The summed E-state index contributed by atoms with van der Waals surface area (Å²) < 4.78 is 0. The Hall–Kier alpha value is -9.42. The van der Waals surface area contributed by atoms with Gasteiger partial charge in [0, 0.05) is 32.4 Å². The maximum Gasteiger partial charge on any atom is 0.328 e. The molecule has 35 nitrogen and oxygen atoms in total. The summed E-state index contributed by atoms with van der Waals surface area (Å²) in [6.07, 6.45) is -6.01. The van der Waals surface area contributed by atoms with Crippen LogP contribution in [-0.2, 0) is 75.2 Å². The lowest BCUT2D eigenvalue weighted by atomic mass is 10.0. The van der Waals surface area contributed by atoms with Gasteiger partial charge in [-0.25, -0.2) is 4.79 Å². The van der Waals surface area contributed by atoms with Gasteiger partial charge in [-0.3, -0.25) is 62.5 Å². The maximum absolute atomic E-state index is 14.5. The van der Waals surface area contributed by atoms with Gasteiger partial charge in [-0.15, -0.1) is 0 Å². The van der Waals surface area contributed by atoms with Crippen molar-refractivity contribution >= 4 is 82.8 Å². The van der Waals surface area contributed by atoms with Crippen molar-refractivity contribution in [3.63, 3.8) is 0 Å². The number of carboxylic acids is 1. The van der Waals surface area contributed by atoms with Crippen molar-refractivity contribution in [3.8, 4) is 0 Å². The van der Waals surface area contributed by atoms with E-state index in [0.717, 1.165) is 13.8 Å². The molecule has 0 aliphatic carbocycles. The number of likely N-dealkylation sites (tertiary alicyclic amines) is 1. The highest BCUT2D eigenvalue weighted by Gasteiger charge is 2.42. The van der Waals surface area contributed by atoms with Crippen LogP contribution in [0.15, 0.2) is 65.7 Å². The Labute approximate surface area is 573 Å². The van der Waals surface area contributed by atoms with Crippen LogP contribution in [0.5, 0.6) is 0 Å². The number of carboxylic acid groups (broad SMARTS) is 1. The minimum atomic E-state index is -1.96. The van der Waals surface area contributed by atoms with Gasteiger partial charge >= 0.3 is 5.97 Å². The van der Waals surface area contributed by atoms with Gasteiger partial charge in [0.2, 0.25) is 70.9 Å². The number of hydrogen-bond donors (Lipinski definition) is 20. The number of primary amides is 1. The van der Waals surface area contributed by atoms with Crippen molar-refractivity contribution in [1.29, 1.82) is 0 Å². The average molecular weight is 1400 g/mol. The fourth-order valence-electron chi connectivity index (χ4n) is 10.4. The molecule has 0 saturated carbocycles. The third-order valence-corrected chi connectivity index (χ3v) is 15.8. The number of guanidine groups is 1. The van der Waals surface area contributed by atoms with Crippen molar-refractivity contribution in [2.24, 2.45) is 39.8 Å². The van der Waals surface area contributed by atoms with Gasteiger partial charge in [-0.2, -0.15) is 0 Å². The number of benzene rings is 2. The Balaban J connectivity index is 1.87. The fraction of sp³-hybridized carbons (Fsp3) is 0.594. The predicted molar refractivity (Wildman–Crippen MR) is 356 cm³/mol.